The van der Waals surface area contributed by atoms with E-state index in [-0.39, 0.29) is 12.4 Å². The van der Waals surface area contributed by atoms with Gasteiger partial charge in [-0.2, -0.15) is 0 Å². The van der Waals surface area contributed by atoms with Crippen LogP contribution in [-0.2, 0) is 16.0 Å². The molecule has 0 heterocycles. The van der Waals surface area contributed by atoms with Crippen LogP contribution < -0.4 is 0 Å². The number of terminal acetylenes is 2. The van der Waals surface area contributed by atoms with E-state index in [1.807, 2.05) is 31.2 Å². The molecule has 1 rings (SSSR count). The van der Waals surface area contributed by atoms with Gasteiger partial charge in [0.15, 0.2) is 6.10 Å². The second kappa shape index (κ2) is 9.43. The highest BCUT2D eigenvalue weighted by atomic mass is 16.5. The number of esters is 1. The summed E-state index contributed by atoms with van der Waals surface area (Å²) in [5, 5.41) is 0. The summed E-state index contributed by atoms with van der Waals surface area (Å²) in [6.07, 6.45) is 12.4. The van der Waals surface area contributed by atoms with Gasteiger partial charge in [0.1, 0.15) is 0 Å². The maximum Gasteiger partial charge on any atom is 0.311 e. The lowest BCUT2D eigenvalue weighted by Crippen LogP contribution is -2.19. The fraction of sp³-hybridized carbons (Fsp3) is 0.318. The third-order valence-corrected chi connectivity index (χ3v) is 3.70. The molecular formula is C22H24O2. The molecule has 1 aromatic rings. The minimum absolute atomic E-state index is 0.166. The first-order valence-corrected chi connectivity index (χ1v) is 7.92. The first kappa shape index (κ1) is 19.3. The van der Waals surface area contributed by atoms with Crippen LogP contribution in [0.25, 0.3) is 5.57 Å². The van der Waals surface area contributed by atoms with Gasteiger partial charge in [0, 0.05) is 6.42 Å². The van der Waals surface area contributed by atoms with Crippen LogP contribution in [-0.4, -0.2) is 12.1 Å². The zero-order valence-electron chi connectivity index (χ0n) is 14.6. The predicted molar refractivity (Wildman–Crippen MR) is 99.9 cm³/mol. The van der Waals surface area contributed by atoms with Crippen molar-refractivity contribution >= 4 is 11.5 Å². The Bertz CT molecular complexity index is 708. The molecule has 0 bridgehead atoms. The molecule has 1 aromatic carbocycles. The van der Waals surface area contributed by atoms with Crippen molar-refractivity contribution in [2.24, 2.45) is 5.92 Å². The predicted octanol–water partition coefficient (Wildman–Crippen LogP) is 4.41. The van der Waals surface area contributed by atoms with Crippen LogP contribution in [0.15, 0.2) is 42.5 Å². The SMILES string of the molecule is C#CCC=C(C)C(C#C)OC(=O)Cc1cccc(C(=C)C(C)C)c1. The van der Waals surface area contributed by atoms with E-state index in [0.717, 1.165) is 22.3 Å². The molecule has 0 amide bonds. The van der Waals surface area contributed by atoms with Crippen molar-refractivity contribution in [3.05, 3.63) is 53.6 Å². The molecule has 0 N–H and O–H groups in total. The monoisotopic (exact) mass is 320 g/mol. The van der Waals surface area contributed by atoms with Gasteiger partial charge in [0.05, 0.1) is 6.42 Å². The van der Waals surface area contributed by atoms with E-state index in [4.69, 9.17) is 17.6 Å². The van der Waals surface area contributed by atoms with Gasteiger partial charge >= 0.3 is 5.97 Å². The molecule has 1 atom stereocenters. The van der Waals surface area contributed by atoms with Crippen molar-refractivity contribution in [3.8, 4) is 24.7 Å². The molecule has 124 valence electrons. The van der Waals surface area contributed by atoms with Crippen LogP contribution in [0, 0.1) is 30.6 Å². The molecule has 0 aliphatic heterocycles. The molecule has 1 unspecified atom stereocenters. The first-order valence-electron chi connectivity index (χ1n) is 7.92. The van der Waals surface area contributed by atoms with Gasteiger partial charge < -0.3 is 4.74 Å². The van der Waals surface area contributed by atoms with Crippen LogP contribution >= 0.6 is 0 Å². The quantitative estimate of drug-likeness (QED) is 0.422. The number of carbonyl (C=O) groups is 1. The van der Waals surface area contributed by atoms with Gasteiger partial charge in [-0.15, -0.1) is 18.8 Å². The van der Waals surface area contributed by atoms with Crippen LogP contribution in [0.5, 0.6) is 0 Å². The van der Waals surface area contributed by atoms with Crippen molar-refractivity contribution in [2.45, 2.75) is 39.7 Å². The van der Waals surface area contributed by atoms with Gasteiger partial charge in [0.25, 0.3) is 0 Å². The molecule has 2 nitrogen and oxygen atoms in total. The Morgan fingerprint density at radius 3 is 2.67 bits per heavy atom. The smallest absolute Gasteiger partial charge is 0.311 e. The van der Waals surface area contributed by atoms with Crippen molar-refractivity contribution in [1.29, 1.82) is 0 Å². The summed E-state index contributed by atoms with van der Waals surface area (Å²) in [5.41, 5.74) is 3.72. The minimum atomic E-state index is -0.681. The summed E-state index contributed by atoms with van der Waals surface area (Å²) >= 11 is 0. The summed E-state index contributed by atoms with van der Waals surface area (Å²) in [6.45, 7) is 10.1. The number of hydrogen-bond donors (Lipinski definition) is 0. The summed E-state index contributed by atoms with van der Waals surface area (Å²) < 4.78 is 5.38. The van der Waals surface area contributed by atoms with Crippen molar-refractivity contribution in [3.63, 3.8) is 0 Å². The summed E-state index contributed by atoms with van der Waals surface area (Å²) in [4.78, 5) is 12.2. The Labute approximate surface area is 145 Å². The number of rotatable bonds is 7. The second-order valence-corrected chi connectivity index (χ2v) is 5.95. The number of ether oxygens (including phenoxy) is 1. The molecule has 0 radical (unpaired) electrons. The first-order chi connectivity index (χ1) is 11.4. The fourth-order valence-electron chi connectivity index (χ4n) is 2.14. The lowest BCUT2D eigenvalue weighted by molar-refractivity contribution is -0.144. The summed E-state index contributed by atoms with van der Waals surface area (Å²) in [7, 11) is 0. The molecule has 0 aliphatic rings. The molecule has 0 spiro atoms. The maximum atomic E-state index is 12.2. The number of carbonyl (C=O) groups excluding carboxylic acids is 1. The topological polar surface area (TPSA) is 26.3 Å². The zero-order valence-corrected chi connectivity index (χ0v) is 14.6. The Morgan fingerprint density at radius 2 is 2.08 bits per heavy atom. The highest BCUT2D eigenvalue weighted by molar-refractivity contribution is 5.74. The lowest BCUT2D eigenvalue weighted by atomic mass is 9.95. The average Bonchev–Trinajstić information content (AvgIpc) is 2.56. The van der Waals surface area contributed by atoms with E-state index in [1.165, 1.54) is 0 Å². The minimum Gasteiger partial charge on any atom is -0.444 e. The van der Waals surface area contributed by atoms with Gasteiger partial charge in [-0.25, -0.2) is 0 Å². The molecule has 24 heavy (non-hydrogen) atoms. The Kier molecular flexibility index (Phi) is 7.60. The third-order valence-electron chi connectivity index (χ3n) is 3.70. The van der Waals surface area contributed by atoms with E-state index in [1.54, 1.807) is 6.08 Å². The standard InChI is InChI=1S/C22H24O2/c1-7-9-11-17(5)21(8-2)24-22(23)15-19-12-10-13-20(14-19)18(6)16(3)4/h1-2,10-14,16,21H,6,9,15H2,3-5H3. The van der Waals surface area contributed by atoms with Crippen LogP contribution in [0.1, 0.15) is 38.3 Å². The molecule has 0 aliphatic carbocycles. The van der Waals surface area contributed by atoms with Gasteiger partial charge in [-0.3, -0.25) is 4.79 Å². The number of allylic oxidation sites excluding steroid dienone is 2. The lowest BCUT2D eigenvalue weighted by Gasteiger charge is -2.14. The van der Waals surface area contributed by atoms with E-state index in [0.29, 0.717) is 12.3 Å². The van der Waals surface area contributed by atoms with Crippen LogP contribution in [0.4, 0.5) is 0 Å². The molecule has 0 saturated heterocycles. The van der Waals surface area contributed by atoms with Gasteiger partial charge in [0.2, 0.25) is 0 Å². The Balaban J connectivity index is 2.78. The summed E-state index contributed by atoms with van der Waals surface area (Å²) in [5.74, 6) is 4.97. The maximum absolute atomic E-state index is 12.2. The van der Waals surface area contributed by atoms with E-state index in [9.17, 15) is 4.79 Å². The number of hydrogen-bond acceptors (Lipinski definition) is 2. The number of benzene rings is 1. The molecular weight excluding hydrogens is 296 g/mol. The van der Waals surface area contributed by atoms with E-state index >= 15 is 0 Å². The van der Waals surface area contributed by atoms with Gasteiger partial charge in [-0.1, -0.05) is 56.7 Å². The van der Waals surface area contributed by atoms with Gasteiger partial charge in [-0.05, 0) is 35.1 Å². The Morgan fingerprint density at radius 1 is 1.38 bits per heavy atom. The zero-order chi connectivity index (χ0) is 18.1. The Hall–Kier alpha value is -2.71. The highest BCUT2D eigenvalue weighted by Gasteiger charge is 2.14. The van der Waals surface area contributed by atoms with Crippen LogP contribution in [0.2, 0.25) is 0 Å². The third kappa shape index (κ3) is 5.82. The molecule has 0 saturated carbocycles. The summed E-state index contributed by atoms with van der Waals surface area (Å²) in [6, 6.07) is 7.77. The van der Waals surface area contributed by atoms with E-state index < -0.39 is 6.10 Å². The van der Waals surface area contributed by atoms with Crippen molar-refractivity contribution in [1.82, 2.24) is 0 Å². The highest BCUT2D eigenvalue weighted by Crippen LogP contribution is 2.22. The largest absolute Gasteiger partial charge is 0.444 e. The normalized spacial score (nSPS) is 12.2. The van der Waals surface area contributed by atoms with Crippen molar-refractivity contribution in [2.75, 3.05) is 0 Å². The fourth-order valence-corrected chi connectivity index (χ4v) is 2.14. The average molecular weight is 320 g/mol. The molecule has 0 fully saturated rings. The van der Waals surface area contributed by atoms with E-state index in [2.05, 4.69) is 32.3 Å². The van der Waals surface area contributed by atoms with Crippen molar-refractivity contribution < 1.29 is 9.53 Å². The molecule has 0 aromatic heterocycles. The molecule has 2 heteroatoms. The second-order valence-electron chi connectivity index (χ2n) is 5.95. The van der Waals surface area contributed by atoms with Crippen LogP contribution in [0.3, 0.4) is 0 Å².